The molecular weight excluding hydrogens is 244 g/mol. The predicted molar refractivity (Wildman–Crippen MR) is 81.0 cm³/mol. The summed E-state index contributed by atoms with van der Waals surface area (Å²) in [5, 5.41) is 4.65. The number of carbonyl (C=O) groups is 1. The van der Waals surface area contributed by atoms with E-state index in [9.17, 15) is 4.79 Å². The smallest absolute Gasteiger partial charge is 0.333 e. The van der Waals surface area contributed by atoms with Gasteiger partial charge in [-0.3, -0.25) is 0 Å². The summed E-state index contributed by atoms with van der Waals surface area (Å²) in [6.45, 7) is 5.76. The van der Waals surface area contributed by atoms with Crippen LogP contribution < -0.4 is 0 Å². The third kappa shape index (κ3) is 6.70. The zero-order valence-electron chi connectivity index (χ0n) is 11.2. The van der Waals surface area contributed by atoms with Gasteiger partial charge in [-0.1, -0.05) is 38.0 Å². The van der Waals surface area contributed by atoms with Crippen molar-refractivity contribution in [2.45, 2.75) is 39.0 Å². The van der Waals surface area contributed by atoms with E-state index >= 15 is 0 Å². The molecule has 1 aliphatic rings. The highest BCUT2D eigenvalue weighted by Gasteiger charge is 2.02. The molecule has 0 saturated carbocycles. The van der Waals surface area contributed by atoms with Crippen LogP contribution in [0.3, 0.4) is 0 Å². The van der Waals surface area contributed by atoms with Crippen molar-refractivity contribution in [2.75, 3.05) is 12.4 Å². The van der Waals surface area contributed by atoms with E-state index in [1.165, 1.54) is 25.0 Å². The van der Waals surface area contributed by atoms with Crippen molar-refractivity contribution < 1.29 is 9.53 Å². The van der Waals surface area contributed by atoms with Crippen molar-refractivity contribution in [1.82, 2.24) is 0 Å². The van der Waals surface area contributed by atoms with Gasteiger partial charge >= 0.3 is 5.97 Å². The Morgan fingerprint density at radius 3 is 2.39 bits per heavy atom. The monoisotopic (exact) mass is 268 g/mol. The van der Waals surface area contributed by atoms with Gasteiger partial charge in [-0.2, -0.15) is 0 Å². The maximum absolute atomic E-state index is 11.1. The van der Waals surface area contributed by atoms with Crippen molar-refractivity contribution >= 4 is 16.9 Å². The number of hydrogen-bond acceptors (Lipinski definition) is 2. The molecule has 0 aromatic carbocycles. The Hall–Kier alpha value is -0.960. The summed E-state index contributed by atoms with van der Waals surface area (Å²) < 4.78 is 5.04. The number of esters is 1. The Bertz CT molecular complexity index is 319. The number of rotatable bonds is 9. The maximum atomic E-state index is 11.1. The van der Waals surface area contributed by atoms with Crippen LogP contribution in [0, 0.1) is 0 Å². The first-order chi connectivity index (χ1) is 8.70. The molecule has 0 aromatic heterocycles. The van der Waals surface area contributed by atoms with Gasteiger partial charge in [0.05, 0.1) is 6.61 Å². The molecule has 0 unspecified atom stereocenters. The Kier molecular flexibility index (Phi) is 7.58. The minimum Gasteiger partial charge on any atom is -0.462 e. The molecule has 0 saturated heterocycles. The fraction of sp³-hybridized carbons (Fsp3) is 0.533. The van der Waals surface area contributed by atoms with Crippen molar-refractivity contribution in [3.8, 4) is 0 Å². The third-order valence-corrected chi connectivity index (χ3v) is 4.75. The standard InChI is InChI=1S/C15H24O2S/c1-14(2)15(16)17-10-6-4-3-5-7-11-18-12-8-9-13-18/h8-9,12-13,18H,1,3-7,10-11H2,2H3. The van der Waals surface area contributed by atoms with Gasteiger partial charge in [0, 0.05) is 5.57 Å². The molecule has 0 N–H and O–H groups in total. The number of ether oxygens (including phenoxy) is 1. The van der Waals surface area contributed by atoms with Gasteiger partial charge in [-0.25, -0.2) is 15.7 Å². The molecule has 0 aliphatic carbocycles. The molecule has 18 heavy (non-hydrogen) atoms. The van der Waals surface area contributed by atoms with E-state index in [0.29, 0.717) is 12.2 Å². The molecule has 0 radical (unpaired) electrons. The molecular formula is C15H24O2S. The second kappa shape index (κ2) is 9.03. The van der Waals surface area contributed by atoms with Gasteiger partial charge in [0.15, 0.2) is 0 Å². The SMILES string of the molecule is C=C(C)C(=O)OCCCCCCC[SH]1C=CC=C1. The lowest BCUT2D eigenvalue weighted by Crippen LogP contribution is -2.06. The van der Waals surface area contributed by atoms with Gasteiger partial charge in [-0.15, -0.1) is 0 Å². The van der Waals surface area contributed by atoms with Crippen LogP contribution in [0.25, 0.3) is 0 Å². The van der Waals surface area contributed by atoms with Crippen LogP contribution in [-0.2, 0) is 9.53 Å². The Morgan fingerprint density at radius 2 is 1.72 bits per heavy atom. The number of thiol groups is 1. The molecule has 1 aliphatic heterocycles. The zero-order valence-corrected chi connectivity index (χ0v) is 12.1. The largest absolute Gasteiger partial charge is 0.462 e. The van der Waals surface area contributed by atoms with E-state index in [1.807, 2.05) is 0 Å². The van der Waals surface area contributed by atoms with Crippen LogP contribution in [-0.4, -0.2) is 18.3 Å². The molecule has 0 amide bonds. The van der Waals surface area contributed by atoms with Gasteiger partial charge in [0.2, 0.25) is 0 Å². The summed E-state index contributed by atoms with van der Waals surface area (Å²) in [4.78, 5) is 11.1. The van der Waals surface area contributed by atoms with Crippen molar-refractivity contribution in [2.24, 2.45) is 0 Å². The first kappa shape index (κ1) is 15.1. The van der Waals surface area contributed by atoms with E-state index in [4.69, 9.17) is 4.74 Å². The number of carbonyl (C=O) groups excluding carboxylic acids is 1. The van der Waals surface area contributed by atoms with Crippen LogP contribution in [0.4, 0.5) is 0 Å². The second-order valence-electron chi connectivity index (χ2n) is 4.60. The second-order valence-corrected chi connectivity index (χ2v) is 6.68. The molecule has 3 heteroatoms. The van der Waals surface area contributed by atoms with E-state index in [1.54, 1.807) is 6.92 Å². The minimum absolute atomic E-state index is 0.0712. The molecule has 1 rings (SSSR count). The predicted octanol–water partition coefficient (Wildman–Crippen LogP) is 4.10. The average Bonchev–Trinajstić information content (AvgIpc) is 2.85. The highest BCUT2D eigenvalue weighted by Crippen LogP contribution is 2.33. The van der Waals surface area contributed by atoms with Gasteiger partial charge in [-0.05, 0) is 36.3 Å². The fourth-order valence-corrected chi connectivity index (χ4v) is 3.36. The van der Waals surface area contributed by atoms with E-state index in [2.05, 4.69) is 29.5 Å². The van der Waals surface area contributed by atoms with Gasteiger partial charge < -0.3 is 4.74 Å². The summed E-state index contributed by atoms with van der Waals surface area (Å²) in [6.07, 6.45) is 10.3. The summed E-state index contributed by atoms with van der Waals surface area (Å²) in [6, 6.07) is 0. The van der Waals surface area contributed by atoms with Gasteiger partial charge in [0.25, 0.3) is 0 Å². The van der Waals surface area contributed by atoms with Crippen molar-refractivity contribution in [1.29, 1.82) is 0 Å². The summed E-state index contributed by atoms with van der Waals surface area (Å²) in [7, 11) is 0.0712. The van der Waals surface area contributed by atoms with Crippen molar-refractivity contribution in [3.05, 3.63) is 35.1 Å². The van der Waals surface area contributed by atoms with E-state index in [0.717, 1.165) is 12.8 Å². The fourth-order valence-electron chi connectivity index (χ4n) is 1.73. The molecule has 0 atom stereocenters. The molecule has 0 fully saturated rings. The van der Waals surface area contributed by atoms with Crippen LogP contribution >= 0.6 is 10.9 Å². The van der Waals surface area contributed by atoms with Crippen LogP contribution in [0.15, 0.2) is 35.1 Å². The lowest BCUT2D eigenvalue weighted by molar-refractivity contribution is -0.139. The van der Waals surface area contributed by atoms with E-state index < -0.39 is 0 Å². The molecule has 2 nitrogen and oxygen atoms in total. The molecule has 0 aromatic rings. The highest BCUT2D eigenvalue weighted by atomic mass is 32.2. The molecule has 102 valence electrons. The van der Waals surface area contributed by atoms with E-state index in [-0.39, 0.29) is 16.9 Å². The third-order valence-electron chi connectivity index (χ3n) is 2.81. The topological polar surface area (TPSA) is 26.3 Å². The first-order valence-electron chi connectivity index (χ1n) is 6.63. The number of allylic oxidation sites excluding steroid dienone is 2. The molecule has 0 bridgehead atoms. The molecule has 0 spiro atoms. The Morgan fingerprint density at radius 1 is 1.11 bits per heavy atom. The van der Waals surface area contributed by atoms with Gasteiger partial charge in [0.1, 0.15) is 0 Å². The van der Waals surface area contributed by atoms with Crippen LogP contribution in [0.5, 0.6) is 0 Å². The summed E-state index contributed by atoms with van der Waals surface area (Å²) in [5.41, 5.74) is 0.481. The Labute approximate surface area is 113 Å². The lowest BCUT2D eigenvalue weighted by atomic mass is 10.2. The first-order valence-corrected chi connectivity index (χ1v) is 8.30. The number of hydrogen-bond donors (Lipinski definition) is 1. The minimum atomic E-state index is -0.266. The van der Waals surface area contributed by atoms with Crippen LogP contribution in [0.2, 0.25) is 0 Å². The Balaban J connectivity index is 1.84. The van der Waals surface area contributed by atoms with Crippen LogP contribution in [0.1, 0.15) is 39.0 Å². The summed E-state index contributed by atoms with van der Waals surface area (Å²) in [5.74, 6) is 1.06. The van der Waals surface area contributed by atoms with Crippen molar-refractivity contribution in [3.63, 3.8) is 0 Å². The molecule has 1 heterocycles. The lowest BCUT2D eigenvalue weighted by Gasteiger charge is -2.09. The highest BCUT2D eigenvalue weighted by molar-refractivity contribution is 8.22. The summed E-state index contributed by atoms with van der Waals surface area (Å²) >= 11 is 0. The zero-order chi connectivity index (χ0) is 13.2. The maximum Gasteiger partial charge on any atom is 0.333 e. The average molecular weight is 268 g/mol. The quantitative estimate of drug-likeness (QED) is 0.295. The number of unbranched alkanes of at least 4 members (excludes halogenated alkanes) is 4. The normalized spacial score (nSPS) is 15.1.